The van der Waals surface area contributed by atoms with Gasteiger partial charge in [-0.3, -0.25) is 9.69 Å². The molecule has 10 heteroatoms. The minimum absolute atomic E-state index is 0.0659. The summed E-state index contributed by atoms with van der Waals surface area (Å²) in [6.45, 7) is 0.435. The number of halogens is 1. The van der Waals surface area contributed by atoms with Gasteiger partial charge in [-0.2, -0.15) is 0 Å². The first-order valence-corrected chi connectivity index (χ1v) is 11.3. The lowest BCUT2D eigenvalue weighted by Gasteiger charge is -2.19. The zero-order chi connectivity index (χ0) is 20.9. The summed E-state index contributed by atoms with van der Waals surface area (Å²) in [5.74, 6) is 0.139. The Morgan fingerprint density at radius 2 is 1.93 bits per heavy atom. The maximum atomic E-state index is 13.1. The predicted molar refractivity (Wildman–Crippen MR) is 120 cm³/mol. The Morgan fingerprint density at radius 3 is 2.63 bits per heavy atom. The highest BCUT2D eigenvalue weighted by molar-refractivity contribution is 7.99. The normalized spacial score (nSPS) is 10.9. The number of nitrogens with zero attached hydrogens (tertiary/aromatic N) is 6. The molecule has 152 valence electrons. The number of hydrogen-bond donors (Lipinski definition) is 0. The zero-order valence-corrected chi connectivity index (χ0v) is 18.4. The molecule has 0 aliphatic rings. The van der Waals surface area contributed by atoms with Gasteiger partial charge in [0, 0.05) is 23.0 Å². The molecule has 1 amide bonds. The summed E-state index contributed by atoms with van der Waals surface area (Å²) in [4.78, 5) is 19.5. The number of thiazole rings is 1. The van der Waals surface area contributed by atoms with Gasteiger partial charge in [0.25, 0.3) is 0 Å². The van der Waals surface area contributed by atoms with Gasteiger partial charge in [-0.05, 0) is 28.1 Å². The van der Waals surface area contributed by atoms with Gasteiger partial charge >= 0.3 is 0 Å². The molecule has 0 aliphatic carbocycles. The number of aryl methyl sites for hydroxylation is 1. The van der Waals surface area contributed by atoms with Crippen LogP contribution in [-0.2, 0) is 18.4 Å². The molecule has 4 aromatic rings. The molecule has 0 radical (unpaired) electrons. The molecule has 2 heterocycles. The van der Waals surface area contributed by atoms with Crippen molar-refractivity contribution in [3.8, 4) is 11.3 Å². The molecule has 0 aliphatic heterocycles. The molecule has 0 atom stereocenters. The van der Waals surface area contributed by atoms with Crippen molar-refractivity contribution < 1.29 is 4.79 Å². The fraction of sp³-hybridized carbons (Fsp3) is 0.150. The third kappa shape index (κ3) is 4.86. The monoisotopic (exact) mass is 456 g/mol. The van der Waals surface area contributed by atoms with Crippen molar-refractivity contribution in [2.75, 3.05) is 10.7 Å². The average Bonchev–Trinajstić information content (AvgIpc) is 3.41. The second-order valence-corrected chi connectivity index (χ2v) is 8.58. The summed E-state index contributed by atoms with van der Waals surface area (Å²) >= 11 is 8.72. The minimum atomic E-state index is -0.0659. The number of carbonyl (C=O) groups is 1. The lowest BCUT2D eigenvalue weighted by atomic mass is 10.2. The highest BCUT2D eigenvalue weighted by Crippen LogP contribution is 2.30. The van der Waals surface area contributed by atoms with Gasteiger partial charge in [-0.15, -0.1) is 16.4 Å². The SMILES string of the molecule is Cn1nnnc1SCC(=O)N(Cc1ccccc1)c1nc(-c2ccc(Cl)cc2)cs1. The van der Waals surface area contributed by atoms with Crippen LogP contribution in [0.15, 0.2) is 65.1 Å². The first kappa shape index (κ1) is 20.5. The van der Waals surface area contributed by atoms with Crippen LogP contribution in [0.1, 0.15) is 5.56 Å². The molecule has 30 heavy (non-hydrogen) atoms. The standard InChI is InChI=1S/C20H17ClN6OS2/c1-26-20(23-24-25-26)30-13-18(28)27(11-14-5-3-2-4-6-14)19-22-17(12-29-19)15-7-9-16(21)10-8-15/h2-10,12H,11,13H2,1H3. The van der Waals surface area contributed by atoms with E-state index in [1.54, 1.807) is 16.6 Å². The van der Waals surface area contributed by atoms with Gasteiger partial charge < -0.3 is 0 Å². The minimum Gasteiger partial charge on any atom is -0.283 e. The Bertz CT molecular complexity index is 1130. The number of rotatable bonds is 7. The third-order valence-electron chi connectivity index (χ3n) is 4.25. The van der Waals surface area contributed by atoms with Gasteiger partial charge in [-0.1, -0.05) is 65.8 Å². The van der Waals surface area contributed by atoms with Crippen molar-refractivity contribution in [1.29, 1.82) is 0 Å². The number of tetrazole rings is 1. The fourth-order valence-electron chi connectivity index (χ4n) is 2.72. The highest BCUT2D eigenvalue weighted by atomic mass is 35.5. The van der Waals surface area contributed by atoms with E-state index in [4.69, 9.17) is 16.6 Å². The summed E-state index contributed by atoms with van der Waals surface area (Å²) in [6.07, 6.45) is 0. The van der Waals surface area contributed by atoms with E-state index in [-0.39, 0.29) is 11.7 Å². The molecule has 0 fully saturated rings. The first-order valence-electron chi connectivity index (χ1n) is 9.01. The molecule has 0 unspecified atom stereocenters. The lowest BCUT2D eigenvalue weighted by Crippen LogP contribution is -2.32. The quantitative estimate of drug-likeness (QED) is 0.385. The van der Waals surface area contributed by atoms with Gasteiger partial charge in [-0.25, -0.2) is 9.67 Å². The maximum Gasteiger partial charge on any atom is 0.239 e. The van der Waals surface area contributed by atoms with Crippen LogP contribution >= 0.6 is 34.7 Å². The largest absolute Gasteiger partial charge is 0.283 e. The van der Waals surface area contributed by atoms with Crippen LogP contribution in [0.25, 0.3) is 11.3 Å². The predicted octanol–water partition coefficient (Wildman–Crippen LogP) is 4.31. The second-order valence-electron chi connectivity index (χ2n) is 6.36. The van der Waals surface area contributed by atoms with Crippen LogP contribution in [-0.4, -0.2) is 36.9 Å². The number of hydrogen-bond acceptors (Lipinski definition) is 7. The van der Waals surface area contributed by atoms with Gasteiger partial charge in [0.2, 0.25) is 11.1 Å². The van der Waals surface area contributed by atoms with Crippen LogP contribution in [0.3, 0.4) is 0 Å². The molecule has 2 aromatic heterocycles. The van der Waals surface area contributed by atoms with E-state index in [1.165, 1.54) is 23.1 Å². The van der Waals surface area contributed by atoms with Crippen molar-refractivity contribution in [3.05, 3.63) is 70.6 Å². The Labute approximate surface area is 186 Å². The first-order chi connectivity index (χ1) is 14.6. The van der Waals surface area contributed by atoms with E-state index in [1.807, 2.05) is 60.0 Å². The Hall–Kier alpha value is -2.75. The molecular weight excluding hydrogens is 440 g/mol. The highest BCUT2D eigenvalue weighted by Gasteiger charge is 2.21. The van der Waals surface area contributed by atoms with Crippen LogP contribution in [0.5, 0.6) is 0 Å². The van der Waals surface area contributed by atoms with Gasteiger partial charge in [0.05, 0.1) is 18.0 Å². The van der Waals surface area contributed by atoms with Gasteiger partial charge in [0.15, 0.2) is 5.13 Å². The van der Waals surface area contributed by atoms with Crippen molar-refractivity contribution in [2.45, 2.75) is 11.7 Å². The van der Waals surface area contributed by atoms with E-state index in [0.717, 1.165) is 16.8 Å². The van der Waals surface area contributed by atoms with Crippen LogP contribution in [0, 0.1) is 0 Å². The smallest absolute Gasteiger partial charge is 0.239 e. The molecular formula is C20H17ClN6OS2. The van der Waals surface area contributed by atoms with Crippen molar-refractivity contribution in [3.63, 3.8) is 0 Å². The maximum absolute atomic E-state index is 13.1. The Balaban J connectivity index is 1.57. The van der Waals surface area contributed by atoms with Crippen LogP contribution in [0.2, 0.25) is 5.02 Å². The van der Waals surface area contributed by atoms with Gasteiger partial charge in [0.1, 0.15) is 0 Å². The molecule has 2 aromatic carbocycles. The van der Waals surface area contributed by atoms with Crippen molar-refractivity contribution >= 4 is 45.7 Å². The Kier molecular flexibility index (Phi) is 6.41. The Morgan fingerprint density at radius 1 is 1.17 bits per heavy atom. The van der Waals surface area contributed by atoms with E-state index in [9.17, 15) is 4.79 Å². The number of anilines is 1. The number of benzene rings is 2. The number of aromatic nitrogens is 5. The summed E-state index contributed by atoms with van der Waals surface area (Å²) < 4.78 is 1.54. The molecule has 0 N–H and O–H groups in total. The van der Waals surface area contributed by atoms with Crippen LogP contribution < -0.4 is 4.90 Å². The van der Waals surface area contributed by atoms with Crippen molar-refractivity contribution in [1.82, 2.24) is 25.2 Å². The molecule has 0 saturated heterocycles. The van der Waals surface area contributed by atoms with E-state index in [2.05, 4.69) is 15.5 Å². The summed E-state index contributed by atoms with van der Waals surface area (Å²) in [7, 11) is 1.74. The number of amides is 1. The van der Waals surface area contributed by atoms with E-state index >= 15 is 0 Å². The average molecular weight is 457 g/mol. The third-order valence-corrected chi connectivity index (χ3v) is 6.36. The van der Waals surface area contributed by atoms with E-state index in [0.29, 0.717) is 21.9 Å². The molecule has 4 rings (SSSR count). The fourth-order valence-corrected chi connectivity index (χ4v) is 4.42. The molecule has 0 bridgehead atoms. The van der Waals surface area contributed by atoms with Crippen LogP contribution in [0.4, 0.5) is 5.13 Å². The molecule has 7 nitrogen and oxygen atoms in total. The lowest BCUT2D eigenvalue weighted by molar-refractivity contribution is -0.116. The number of carbonyl (C=O) groups excluding carboxylic acids is 1. The van der Waals surface area contributed by atoms with Crippen molar-refractivity contribution in [2.24, 2.45) is 7.05 Å². The number of thioether (sulfide) groups is 1. The van der Waals surface area contributed by atoms with E-state index < -0.39 is 0 Å². The molecule has 0 saturated carbocycles. The summed E-state index contributed by atoms with van der Waals surface area (Å²) in [5, 5.41) is 15.2. The summed E-state index contributed by atoms with van der Waals surface area (Å²) in [5.41, 5.74) is 2.79. The zero-order valence-electron chi connectivity index (χ0n) is 16.0. The molecule has 0 spiro atoms. The summed E-state index contributed by atoms with van der Waals surface area (Å²) in [6, 6.07) is 17.3. The topological polar surface area (TPSA) is 76.8 Å². The second kappa shape index (κ2) is 9.38.